The van der Waals surface area contributed by atoms with Gasteiger partial charge in [0, 0.05) is 55.5 Å². The molecule has 0 radical (unpaired) electrons. The molecule has 0 spiro atoms. The Labute approximate surface area is 139 Å². The predicted octanol–water partition coefficient (Wildman–Crippen LogP) is 2.87. The molecule has 22 heavy (non-hydrogen) atoms. The van der Waals surface area contributed by atoms with Crippen LogP contribution in [0.1, 0.15) is 11.3 Å². The first-order valence-corrected chi connectivity index (χ1v) is 8.32. The lowest BCUT2D eigenvalue weighted by Crippen LogP contribution is -2.45. The summed E-state index contributed by atoms with van der Waals surface area (Å²) in [6, 6.07) is 11.7. The van der Waals surface area contributed by atoms with Gasteiger partial charge in [0.15, 0.2) is 0 Å². The first kappa shape index (κ1) is 15.5. The molecule has 5 heteroatoms. The van der Waals surface area contributed by atoms with E-state index in [2.05, 4.69) is 36.8 Å². The molecule has 1 fully saturated rings. The maximum atomic E-state index is 9.95. The number of hydrogen-bond donors (Lipinski definition) is 1. The molecule has 3 rings (SSSR count). The second-order valence-electron chi connectivity index (χ2n) is 5.65. The largest absolute Gasteiger partial charge is 0.508 e. The minimum Gasteiger partial charge on any atom is -0.508 e. The van der Waals surface area contributed by atoms with Gasteiger partial charge >= 0.3 is 0 Å². The second-order valence-corrected chi connectivity index (χ2v) is 6.56. The molecule has 1 aromatic heterocycles. The van der Waals surface area contributed by atoms with Crippen LogP contribution in [0.15, 0.2) is 47.1 Å². The highest BCUT2D eigenvalue weighted by Gasteiger charge is 2.18. The van der Waals surface area contributed by atoms with Gasteiger partial charge in [-0.15, -0.1) is 0 Å². The van der Waals surface area contributed by atoms with Crippen molar-refractivity contribution in [3.05, 3.63) is 58.3 Å². The number of phenolic OH excluding ortho intramolecular Hbond substituents is 1. The summed E-state index contributed by atoms with van der Waals surface area (Å²) in [5, 5.41) is 9.95. The van der Waals surface area contributed by atoms with Gasteiger partial charge in [-0.2, -0.15) is 0 Å². The van der Waals surface area contributed by atoms with E-state index in [9.17, 15) is 5.11 Å². The fraction of sp³-hybridized carbons (Fsp3) is 0.353. The number of halogens is 1. The van der Waals surface area contributed by atoms with Crippen LogP contribution in [0.25, 0.3) is 0 Å². The molecule has 0 atom stereocenters. The predicted molar refractivity (Wildman–Crippen MR) is 90.6 cm³/mol. The summed E-state index contributed by atoms with van der Waals surface area (Å²) >= 11 is 3.46. The van der Waals surface area contributed by atoms with Crippen LogP contribution in [-0.4, -0.2) is 46.1 Å². The summed E-state index contributed by atoms with van der Waals surface area (Å²) in [7, 11) is 0. The molecule has 116 valence electrons. The third kappa shape index (κ3) is 4.06. The normalized spacial score (nSPS) is 16.8. The average Bonchev–Trinajstić information content (AvgIpc) is 2.54. The van der Waals surface area contributed by atoms with E-state index in [1.165, 1.54) is 0 Å². The van der Waals surface area contributed by atoms with Gasteiger partial charge in [-0.05, 0) is 30.3 Å². The number of aromatic nitrogens is 1. The summed E-state index contributed by atoms with van der Waals surface area (Å²) in [4.78, 5) is 9.20. The Morgan fingerprint density at radius 3 is 2.41 bits per heavy atom. The molecule has 1 aromatic carbocycles. The van der Waals surface area contributed by atoms with Crippen LogP contribution >= 0.6 is 15.9 Å². The Kier molecular flexibility index (Phi) is 5.08. The van der Waals surface area contributed by atoms with E-state index >= 15 is 0 Å². The van der Waals surface area contributed by atoms with Gasteiger partial charge in [-0.1, -0.05) is 22.0 Å². The van der Waals surface area contributed by atoms with Crippen LogP contribution in [-0.2, 0) is 13.1 Å². The number of pyridine rings is 1. The van der Waals surface area contributed by atoms with Crippen molar-refractivity contribution in [1.82, 2.24) is 14.8 Å². The fourth-order valence-electron chi connectivity index (χ4n) is 2.75. The highest BCUT2D eigenvalue weighted by atomic mass is 79.9. The van der Waals surface area contributed by atoms with Crippen molar-refractivity contribution in [2.24, 2.45) is 0 Å². The van der Waals surface area contributed by atoms with E-state index in [0.717, 1.165) is 55.0 Å². The van der Waals surface area contributed by atoms with E-state index in [1.54, 1.807) is 6.07 Å². The van der Waals surface area contributed by atoms with Crippen LogP contribution in [0.3, 0.4) is 0 Å². The van der Waals surface area contributed by atoms with E-state index in [4.69, 9.17) is 0 Å². The van der Waals surface area contributed by atoms with Crippen molar-refractivity contribution in [2.45, 2.75) is 13.1 Å². The Balaban J connectivity index is 1.52. The average molecular weight is 362 g/mol. The van der Waals surface area contributed by atoms with Gasteiger partial charge in [-0.3, -0.25) is 14.8 Å². The SMILES string of the molecule is Oc1ccc(Br)cc1CN1CCN(Cc2ccccn2)CC1. The standard InChI is InChI=1S/C17H20BrN3O/c18-15-4-5-17(22)14(11-15)12-20-7-9-21(10-8-20)13-16-3-1-2-6-19-16/h1-6,11,22H,7-10,12-13H2. The molecule has 1 saturated heterocycles. The van der Waals surface area contributed by atoms with E-state index in [-0.39, 0.29) is 0 Å². The van der Waals surface area contributed by atoms with E-state index in [1.807, 2.05) is 30.5 Å². The van der Waals surface area contributed by atoms with Crippen molar-refractivity contribution in [3.8, 4) is 5.75 Å². The van der Waals surface area contributed by atoms with Crippen molar-refractivity contribution >= 4 is 15.9 Å². The lowest BCUT2D eigenvalue weighted by atomic mass is 10.1. The lowest BCUT2D eigenvalue weighted by Gasteiger charge is -2.34. The molecule has 1 N–H and O–H groups in total. The number of phenols is 1. The first-order valence-electron chi connectivity index (χ1n) is 7.53. The Bertz CT molecular complexity index is 613. The maximum absolute atomic E-state index is 9.95. The molecule has 1 aliphatic heterocycles. The first-order chi connectivity index (χ1) is 10.7. The number of rotatable bonds is 4. The van der Waals surface area contributed by atoms with Gasteiger partial charge in [0.05, 0.1) is 5.69 Å². The molecule has 1 aliphatic rings. The van der Waals surface area contributed by atoms with Crippen molar-refractivity contribution < 1.29 is 5.11 Å². The van der Waals surface area contributed by atoms with Gasteiger partial charge in [0.1, 0.15) is 5.75 Å². The maximum Gasteiger partial charge on any atom is 0.120 e. The lowest BCUT2D eigenvalue weighted by molar-refractivity contribution is 0.120. The van der Waals surface area contributed by atoms with E-state index in [0.29, 0.717) is 5.75 Å². The second kappa shape index (κ2) is 7.22. The van der Waals surface area contributed by atoms with Gasteiger partial charge in [0.2, 0.25) is 0 Å². The van der Waals surface area contributed by atoms with Gasteiger partial charge in [0.25, 0.3) is 0 Å². The van der Waals surface area contributed by atoms with Crippen LogP contribution in [0.4, 0.5) is 0 Å². The van der Waals surface area contributed by atoms with Crippen LogP contribution in [0, 0.1) is 0 Å². The van der Waals surface area contributed by atoms with Crippen LogP contribution in [0.2, 0.25) is 0 Å². The topological polar surface area (TPSA) is 39.6 Å². The van der Waals surface area contributed by atoms with E-state index < -0.39 is 0 Å². The number of hydrogen-bond acceptors (Lipinski definition) is 4. The summed E-state index contributed by atoms with van der Waals surface area (Å²) < 4.78 is 1.01. The third-order valence-electron chi connectivity index (χ3n) is 4.01. The zero-order valence-corrected chi connectivity index (χ0v) is 14.0. The van der Waals surface area contributed by atoms with Crippen LogP contribution in [0.5, 0.6) is 5.75 Å². The highest BCUT2D eigenvalue weighted by Crippen LogP contribution is 2.23. The number of piperazine rings is 1. The summed E-state index contributed by atoms with van der Waals surface area (Å²) in [6.45, 7) is 5.80. The zero-order chi connectivity index (χ0) is 15.4. The molecule has 4 nitrogen and oxygen atoms in total. The molecule has 2 heterocycles. The van der Waals surface area contributed by atoms with Crippen molar-refractivity contribution in [3.63, 3.8) is 0 Å². The fourth-order valence-corrected chi connectivity index (χ4v) is 3.16. The molecule has 0 saturated carbocycles. The number of nitrogens with zero attached hydrogens (tertiary/aromatic N) is 3. The smallest absolute Gasteiger partial charge is 0.120 e. The van der Waals surface area contributed by atoms with Crippen LogP contribution < -0.4 is 0 Å². The Morgan fingerprint density at radius 2 is 1.73 bits per heavy atom. The molecule has 0 amide bonds. The quantitative estimate of drug-likeness (QED) is 0.908. The Morgan fingerprint density at radius 1 is 1.00 bits per heavy atom. The number of aromatic hydroxyl groups is 1. The zero-order valence-electron chi connectivity index (χ0n) is 12.5. The summed E-state index contributed by atoms with van der Waals surface area (Å²) in [5.74, 6) is 0.374. The molecular formula is C17H20BrN3O. The minimum absolute atomic E-state index is 0.374. The molecule has 0 unspecified atom stereocenters. The monoisotopic (exact) mass is 361 g/mol. The molecule has 0 bridgehead atoms. The number of benzene rings is 1. The third-order valence-corrected chi connectivity index (χ3v) is 4.51. The molecular weight excluding hydrogens is 342 g/mol. The van der Waals surface area contributed by atoms with Crippen molar-refractivity contribution in [1.29, 1.82) is 0 Å². The van der Waals surface area contributed by atoms with Gasteiger partial charge in [-0.25, -0.2) is 0 Å². The minimum atomic E-state index is 0.374. The summed E-state index contributed by atoms with van der Waals surface area (Å²) in [5.41, 5.74) is 2.10. The summed E-state index contributed by atoms with van der Waals surface area (Å²) in [6.07, 6.45) is 1.85. The van der Waals surface area contributed by atoms with Crippen molar-refractivity contribution in [2.75, 3.05) is 26.2 Å². The Hall–Kier alpha value is -1.43. The van der Waals surface area contributed by atoms with Gasteiger partial charge < -0.3 is 5.11 Å². The molecule has 2 aromatic rings. The highest BCUT2D eigenvalue weighted by molar-refractivity contribution is 9.10. The molecule has 0 aliphatic carbocycles.